The van der Waals surface area contributed by atoms with E-state index in [9.17, 15) is 13.2 Å². The largest absolute Gasteiger partial charge is 0.294 e. The highest BCUT2D eigenvalue weighted by molar-refractivity contribution is 7.90. The van der Waals surface area contributed by atoms with Crippen LogP contribution in [0.4, 0.5) is 5.95 Å². The highest BCUT2D eigenvalue weighted by Gasteiger charge is 2.09. The van der Waals surface area contributed by atoms with Crippen molar-refractivity contribution in [2.45, 2.75) is 11.3 Å². The molecule has 0 aliphatic carbocycles. The molecule has 0 saturated heterocycles. The molecule has 1 aromatic carbocycles. The SMILES string of the molecule is CS(=O)(=O)c1ccc(CC(=O)Nc2ncccn2)cc1. The third kappa shape index (κ3) is 3.86. The molecule has 0 bridgehead atoms. The molecule has 0 aliphatic rings. The van der Waals surface area contributed by atoms with Crippen LogP contribution in [0.25, 0.3) is 0 Å². The van der Waals surface area contributed by atoms with E-state index in [0.717, 1.165) is 6.26 Å². The van der Waals surface area contributed by atoms with Crippen molar-refractivity contribution < 1.29 is 13.2 Å². The van der Waals surface area contributed by atoms with E-state index in [1.54, 1.807) is 18.2 Å². The quantitative estimate of drug-likeness (QED) is 0.910. The van der Waals surface area contributed by atoms with Gasteiger partial charge in [0, 0.05) is 18.6 Å². The Hall–Kier alpha value is -2.28. The van der Waals surface area contributed by atoms with Crippen LogP contribution in [0.15, 0.2) is 47.6 Å². The molecule has 1 N–H and O–H groups in total. The summed E-state index contributed by atoms with van der Waals surface area (Å²) >= 11 is 0. The topological polar surface area (TPSA) is 89.0 Å². The zero-order valence-electron chi connectivity index (χ0n) is 10.8. The van der Waals surface area contributed by atoms with Gasteiger partial charge in [0.25, 0.3) is 0 Å². The maximum absolute atomic E-state index is 11.8. The van der Waals surface area contributed by atoms with Crippen LogP contribution in [-0.4, -0.2) is 30.5 Å². The molecule has 0 fully saturated rings. The third-order valence-corrected chi connectivity index (χ3v) is 3.66. The van der Waals surface area contributed by atoms with Gasteiger partial charge in [-0.05, 0) is 23.8 Å². The molecule has 0 unspecified atom stereocenters. The van der Waals surface area contributed by atoms with Crippen molar-refractivity contribution in [1.29, 1.82) is 0 Å². The van der Waals surface area contributed by atoms with Gasteiger partial charge in [-0.25, -0.2) is 18.4 Å². The first-order chi connectivity index (χ1) is 9.45. The molecule has 0 atom stereocenters. The highest BCUT2D eigenvalue weighted by Crippen LogP contribution is 2.11. The molecule has 2 rings (SSSR count). The number of rotatable bonds is 4. The number of anilines is 1. The number of sulfone groups is 1. The molecule has 1 aromatic heterocycles. The summed E-state index contributed by atoms with van der Waals surface area (Å²) in [6.07, 6.45) is 4.33. The summed E-state index contributed by atoms with van der Waals surface area (Å²) in [5.74, 6) is -0.0199. The first-order valence-corrected chi connectivity index (χ1v) is 7.70. The highest BCUT2D eigenvalue weighted by atomic mass is 32.2. The van der Waals surface area contributed by atoms with Crippen LogP contribution in [0.5, 0.6) is 0 Å². The van der Waals surface area contributed by atoms with Crippen LogP contribution in [0, 0.1) is 0 Å². The van der Waals surface area contributed by atoms with Crippen LogP contribution in [0.1, 0.15) is 5.56 Å². The lowest BCUT2D eigenvalue weighted by atomic mass is 10.1. The van der Waals surface area contributed by atoms with Gasteiger partial charge in [0.2, 0.25) is 11.9 Å². The van der Waals surface area contributed by atoms with Gasteiger partial charge in [0.05, 0.1) is 11.3 Å². The molecule has 2 aromatic rings. The smallest absolute Gasteiger partial charge is 0.231 e. The Balaban J connectivity index is 2.02. The standard InChI is InChI=1S/C13H13N3O3S/c1-20(18,19)11-5-3-10(4-6-11)9-12(17)16-13-14-7-2-8-15-13/h2-8H,9H2,1H3,(H,14,15,16,17). The summed E-state index contributed by atoms with van der Waals surface area (Å²) in [6, 6.07) is 7.84. The molecular formula is C13H13N3O3S. The number of nitrogens with one attached hydrogen (secondary N) is 1. The normalized spacial score (nSPS) is 11.1. The Morgan fingerprint density at radius 2 is 1.75 bits per heavy atom. The van der Waals surface area contributed by atoms with Crippen molar-refractivity contribution in [1.82, 2.24) is 9.97 Å². The number of aromatic nitrogens is 2. The van der Waals surface area contributed by atoms with Crippen LogP contribution in [-0.2, 0) is 21.1 Å². The zero-order valence-corrected chi connectivity index (χ0v) is 11.6. The van der Waals surface area contributed by atoms with Crippen LogP contribution >= 0.6 is 0 Å². The van der Waals surface area contributed by atoms with Gasteiger partial charge in [-0.1, -0.05) is 12.1 Å². The van der Waals surface area contributed by atoms with E-state index in [0.29, 0.717) is 5.56 Å². The molecule has 1 amide bonds. The first kappa shape index (κ1) is 14.1. The third-order valence-electron chi connectivity index (χ3n) is 2.53. The fourth-order valence-corrected chi connectivity index (χ4v) is 2.20. The molecule has 20 heavy (non-hydrogen) atoms. The van der Waals surface area contributed by atoms with Crippen molar-refractivity contribution in [2.75, 3.05) is 11.6 Å². The van der Waals surface area contributed by atoms with Gasteiger partial charge >= 0.3 is 0 Å². The van der Waals surface area contributed by atoms with Crippen LogP contribution < -0.4 is 5.32 Å². The zero-order chi connectivity index (χ0) is 14.6. The summed E-state index contributed by atoms with van der Waals surface area (Å²) in [4.78, 5) is 19.8. The average Bonchev–Trinajstić information content (AvgIpc) is 2.39. The Kier molecular flexibility index (Phi) is 4.09. The number of carbonyl (C=O) groups excluding carboxylic acids is 1. The molecule has 104 valence electrons. The predicted molar refractivity (Wildman–Crippen MR) is 73.9 cm³/mol. The number of hydrogen-bond donors (Lipinski definition) is 1. The van der Waals surface area contributed by atoms with Gasteiger partial charge in [0.15, 0.2) is 9.84 Å². The Morgan fingerprint density at radius 3 is 2.30 bits per heavy atom. The van der Waals surface area contributed by atoms with Crippen LogP contribution in [0.3, 0.4) is 0 Å². The van der Waals surface area contributed by atoms with Gasteiger partial charge in [0.1, 0.15) is 0 Å². The van der Waals surface area contributed by atoms with Crippen LogP contribution in [0.2, 0.25) is 0 Å². The number of carbonyl (C=O) groups is 1. The van der Waals surface area contributed by atoms with E-state index < -0.39 is 9.84 Å². The molecule has 0 spiro atoms. The lowest BCUT2D eigenvalue weighted by Crippen LogP contribution is -2.16. The van der Waals surface area contributed by atoms with Crippen molar-refractivity contribution in [3.05, 3.63) is 48.3 Å². The minimum atomic E-state index is -3.22. The van der Waals surface area contributed by atoms with E-state index in [1.165, 1.54) is 24.5 Å². The molecule has 0 radical (unpaired) electrons. The monoisotopic (exact) mass is 291 g/mol. The number of nitrogens with zero attached hydrogens (tertiary/aromatic N) is 2. The average molecular weight is 291 g/mol. The summed E-state index contributed by atoms with van der Waals surface area (Å²) in [5.41, 5.74) is 0.714. The number of benzene rings is 1. The van der Waals surface area contributed by atoms with Gasteiger partial charge in [-0.15, -0.1) is 0 Å². The molecule has 7 heteroatoms. The van der Waals surface area contributed by atoms with Gasteiger partial charge in [-0.2, -0.15) is 0 Å². The minimum Gasteiger partial charge on any atom is -0.294 e. The molecule has 0 aliphatic heterocycles. The second-order valence-electron chi connectivity index (χ2n) is 4.21. The fraction of sp³-hybridized carbons (Fsp3) is 0.154. The molecule has 6 nitrogen and oxygen atoms in total. The lowest BCUT2D eigenvalue weighted by Gasteiger charge is -2.04. The lowest BCUT2D eigenvalue weighted by molar-refractivity contribution is -0.115. The summed E-state index contributed by atoms with van der Waals surface area (Å²) in [7, 11) is -3.22. The van der Waals surface area contributed by atoms with Gasteiger partial charge < -0.3 is 0 Å². The maximum Gasteiger partial charge on any atom is 0.231 e. The van der Waals surface area contributed by atoms with Crippen molar-refractivity contribution in [3.8, 4) is 0 Å². The molecule has 0 saturated carbocycles. The van der Waals surface area contributed by atoms with E-state index >= 15 is 0 Å². The van der Waals surface area contributed by atoms with E-state index in [-0.39, 0.29) is 23.2 Å². The number of hydrogen-bond acceptors (Lipinski definition) is 5. The van der Waals surface area contributed by atoms with Crippen molar-refractivity contribution >= 4 is 21.7 Å². The maximum atomic E-state index is 11.8. The molecule has 1 heterocycles. The van der Waals surface area contributed by atoms with E-state index in [4.69, 9.17) is 0 Å². The predicted octanol–water partition coefficient (Wildman–Crippen LogP) is 1.06. The molecular weight excluding hydrogens is 278 g/mol. The second-order valence-corrected chi connectivity index (χ2v) is 6.23. The Morgan fingerprint density at radius 1 is 1.15 bits per heavy atom. The van der Waals surface area contributed by atoms with Gasteiger partial charge in [-0.3, -0.25) is 10.1 Å². The van der Waals surface area contributed by atoms with E-state index in [1.807, 2.05) is 0 Å². The summed E-state index contributed by atoms with van der Waals surface area (Å²) < 4.78 is 22.6. The number of amides is 1. The second kappa shape index (κ2) is 5.79. The van der Waals surface area contributed by atoms with E-state index in [2.05, 4.69) is 15.3 Å². The Labute approximate surface area is 116 Å². The summed E-state index contributed by atoms with van der Waals surface area (Å²) in [6.45, 7) is 0. The fourth-order valence-electron chi connectivity index (χ4n) is 1.57. The minimum absolute atomic E-state index is 0.127. The Bertz CT molecular complexity index is 697. The van der Waals surface area contributed by atoms with Crippen molar-refractivity contribution in [2.24, 2.45) is 0 Å². The summed E-state index contributed by atoms with van der Waals surface area (Å²) in [5, 5.41) is 2.56. The first-order valence-electron chi connectivity index (χ1n) is 5.81. The van der Waals surface area contributed by atoms with Crippen molar-refractivity contribution in [3.63, 3.8) is 0 Å².